The first-order valence-corrected chi connectivity index (χ1v) is 10.9. The van der Waals surface area contributed by atoms with Gasteiger partial charge in [-0.1, -0.05) is 0 Å². The quantitative estimate of drug-likeness (QED) is 0.701. The molecule has 1 aromatic rings. The molecule has 0 unspecified atom stereocenters. The van der Waals surface area contributed by atoms with E-state index in [2.05, 4.69) is 14.9 Å². The molecule has 1 aliphatic carbocycles. The lowest BCUT2D eigenvalue weighted by atomic mass is 9.84. The van der Waals surface area contributed by atoms with Gasteiger partial charge >= 0.3 is 6.18 Å². The third-order valence-corrected chi connectivity index (χ3v) is 6.64. The maximum Gasteiger partial charge on any atom is 0.433 e. The Morgan fingerprint density at radius 1 is 1.00 bits per heavy atom. The van der Waals surface area contributed by atoms with Crippen molar-refractivity contribution in [2.24, 2.45) is 5.92 Å². The molecule has 1 aromatic heterocycles. The average Bonchev–Trinajstić information content (AvgIpc) is 3.21. The number of amides is 2. The number of carbonyl (C=O) groups is 2. The van der Waals surface area contributed by atoms with E-state index in [1.807, 2.05) is 11.9 Å². The van der Waals surface area contributed by atoms with Gasteiger partial charge in [0.25, 0.3) is 0 Å². The van der Waals surface area contributed by atoms with E-state index in [0.29, 0.717) is 44.6 Å². The van der Waals surface area contributed by atoms with Crippen molar-refractivity contribution in [1.82, 2.24) is 24.7 Å². The summed E-state index contributed by atoms with van der Waals surface area (Å²) in [6.07, 6.45) is -2.54. The van der Waals surface area contributed by atoms with Crippen LogP contribution in [0, 0.1) is 12.8 Å². The van der Waals surface area contributed by atoms with Crippen molar-refractivity contribution < 1.29 is 22.8 Å². The number of fused-ring (bicyclic) bond motifs is 1. The van der Waals surface area contributed by atoms with E-state index in [4.69, 9.17) is 0 Å². The predicted octanol–water partition coefficient (Wildman–Crippen LogP) is 1.67. The third-order valence-electron chi connectivity index (χ3n) is 6.64. The first kappa shape index (κ1) is 22.0. The summed E-state index contributed by atoms with van der Waals surface area (Å²) >= 11 is 0. The minimum absolute atomic E-state index is 0.0313. The molecule has 2 saturated heterocycles. The number of likely N-dealkylation sites (N-methyl/N-ethyl adjacent to an activating group) is 1. The second-order valence-corrected chi connectivity index (χ2v) is 8.80. The molecule has 31 heavy (non-hydrogen) atoms. The molecule has 0 bridgehead atoms. The van der Waals surface area contributed by atoms with Gasteiger partial charge in [0.1, 0.15) is 11.9 Å². The summed E-state index contributed by atoms with van der Waals surface area (Å²) < 4.78 is 40.6. The molecular weight excluding hydrogens is 411 g/mol. The lowest BCUT2D eigenvalue weighted by Crippen LogP contribution is -2.54. The second kappa shape index (κ2) is 8.37. The van der Waals surface area contributed by atoms with Crippen LogP contribution in [0.4, 0.5) is 13.2 Å². The van der Waals surface area contributed by atoms with E-state index in [9.17, 15) is 22.8 Å². The highest BCUT2D eigenvalue weighted by Gasteiger charge is 2.43. The SMILES string of the molecule is Cc1nc2c(c(C(F)(F)F)n1)C[C@H](C(=O)N1CCC[C@H]1C(=O)N1CCN(C)CC1)CC2. The van der Waals surface area contributed by atoms with Crippen molar-refractivity contribution in [3.8, 4) is 0 Å². The summed E-state index contributed by atoms with van der Waals surface area (Å²) in [7, 11) is 2.01. The number of aryl methyl sites for hydroxylation is 2. The molecule has 0 spiro atoms. The van der Waals surface area contributed by atoms with Crippen LogP contribution in [0.2, 0.25) is 0 Å². The van der Waals surface area contributed by atoms with E-state index in [1.54, 1.807) is 4.90 Å². The number of rotatable bonds is 2. The minimum Gasteiger partial charge on any atom is -0.338 e. The molecule has 2 aliphatic heterocycles. The van der Waals surface area contributed by atoms with Crippen LogP contribution in [-0.2, 0) is 28.6 Å². The van der Waals surface area contributed by atoms with Gasteiger partial charge in [-0.25, -0.2) is 9.97 Å². The van der Waals surface area contributed by atoms with Gasteiger partial charge in [-0.05, 0) is 46.1 Å². The zero-order chi connectivity index (χ0) is 22.3. The lowest BCUT2D eigenvalue weighted by molar-refractivity contribution is -0.147. The van der Waals surface area contributed by atoms with Crippen molar-refractivity contribution in [2.45, 2.75) is 51.2 Å². The van der Waals surface area contributed by atoms with Gasteiger partial charge in [0.05, 0.1) is 0 Å². The Morgan fingerprint density at radius 3 is 2.39 bits per heavy atom. The van der Waals surface area contributed by atoms with Crippen LogP contribution in [0.3, 0.4) is 0 Å². The van der Waals surface area contributed by atoms with Crippen LogP contribution in [0.5, 0.6) is 0 Å². The Labute approximate surface area is 179 Å². The van der Waals surface area contributed by atoms with Gasteiger partial charge in [-0.2, -0.15) is 13.2 Å². The van der Waals surface area contributed by atoms with Crippen molar-refractivity contribution in [3.05, 3.63) is 22.8 Å². The highest BCUT2D eigenvalue weighted by Crippen LogP contribution is 2.37. The van der Waals surface area contributed by atoms with Crippen molar-refractivity contribution in [3.63, 3.8) is 0 Å². The van der Waals surface area contributed by atoms with Gasteiger partial charge in [-0.15, -0.1) is 0 Å². The Morgan fingerprint density at radius 2 is 1.71 bits per heavy atom. The Hall–Kier alpha value is -2.23. The third kappa shape index (κ3) is 4.40. The predicted molar refractivity (Wildman–Crippen MR) is 106 cm³/mol. The number of carbonyl (C=O) groups excluding carboxylic acids is 2. The molecule has 3 aliphatic rings. The standard InChI is InChI=1S/C21H28F3N5O2/c1-13-25-16-6-5-14(12-15(16)18(26-13)21(22,23)24)19(30)29-7-3-4-17(29)20(31)28-10-8-27(2)9-11-28/h14,17H,3-12H2,1-2H3/t14-,17+/m1/s1. The highest BCUT2D eigenvalue weighted by molar-refractivity contribution is 5.89. The molecule has 2 atom stereocenters. The zero-order valence-corrected chi connectivity index (χ0v) is 17.9. The van der Waals surface area contributed by atoms with Crippen LogP contribution < -0.4 is 0 Å². The molecule has 2 amide bonds. The van der Waals surface area contributed by atoms with Crippen LogP contribution in [0.1, 0.15) is 42.0 Å². The fraction of sp³-hybridized carbons (Fsp3) is 0.714. The maximum atomic E-state index is 13.5. The van der Waals surface area contributed by atoms with E-state index in [-0.39, 0.29) is 29.6 Å². The molecule has 0 radical (unpaired) electrons. The summed E-state index contributed by atoms with van der Waals surface area (Å²) in [4.78, 5) is 39.8. The minimum atomic E-state index is -4.59. The average molecular weight is 439 g/mol. The Kier molecular flexibility index (Phi) is 5.93. The van der Waals surface area contributed by atoms with Crippen molar-refractivity contribution in [2.75, 3.05) is 39.8 Å². The molecule has 0 saturated carbocycles. The maximum absolute atomic E-state index is 13.5. The van der Waals surface area contributed by atoms with Crippen molar-refractivity contribution >= 4 is 11.8 Å². The number of hydrogen-bond acceptors (Lipinski definition) is 5. The van der Waals surface area contributed by atoms with Crippen LogP contribution in [0.25, 0.3) is 0 Å². The number of likely N-dealkylation sites (tertiary alicyclic amines) is 1. The van der Waals surface area contributed by atoms with Gasteiger partial charge in [0.2, 0.25) is 11.8 Å². The van der Waals surface area contributed by atoms with Gasteiger partial charge < -0.3 is 14.7 Å². The number of alkyl halides is 3. The lowest BCUT2D eigenvalue weighted by Gasteiger charge is -2.37. The fourth-order valence-electron chi connectivity index (χ4n) is 4.94. The van der Waals surface area contributed by atoms with Crippen molar-refractivity contribution in [1.29, 1.82) is 0 Å². The molecule has 4 rings (SSSR count). The Bertz CT molecular complexity index is 867. The number of halogens is 3. The van der Waals surface area contributed by atoms with E-state index in [0.717, 1.165) is 19.5 Å². The number of piperazine rings is 1. The normalized spacial score (nSPS) is 24.9. The molecule has 2 fully saturated rings. The van der Waals surface area contributed by atoms with Crippen LogP contribution >= 0.6 is 0 Å². The molecule has 10 heteroatoms. The monoisotopic (exact) mass is 439 g/mol. The fourth-order valence-corrected chi connectivity index (χ4v) is 4.94. The molecule has 3 heterocycles. The van der Waals surface area contributed by atoms with Gasteiger partial charge in [0, 0.05) is 49.9 Å². The molecule has 0 aromatic carbocycles. The summed E-state index contributed by atoms with van der Waals surface area (Å²) in [6.45, 7) is 4.79. The van der Waals surface area contributed by atoms with Gasteiger partial charge in [-0.3, -0.25) is 9.59 Å². The first-order chi connectivity index (χ1) is 14.6. The van der Waals surface area contributed by atoms with E-state index < -0.39 is 23.8 Å². The highest BCUT2D eigenvalue weighted by atomic mass is 19.4. The Balaban J connectivity index is 1.51. The number of aromatic nitrogens is 2. The van der Waals surface area contributed by atoms with Crippen LogP contribution in [-0.4, -0.2) is 82.3 Å². The van der Waals surface area contributed by atoms with Gasteiger partial charge in [0.15, 0.2) is 5.69 Å². The second-order valence-electron chi connectivity index (χ2n) is 8.80. The topological polar surface area (TPSA) is 69.6 Å². The van der Waals surface area contributed by atoms with Crippen LogP contribution in [0.15, 0.2) is 0 Å². The summed E-state index contributed by atoms with van der Waals surface area (Å²) in [6, 6.07) is -0.506. The van der Waals surface area contributed by atoms with E-state index in [1.165, 1.54) is 6.92 Å². The largest absolute Gasteiger partial charge is 0.433 e. The van der Waals surface area contributed by atoms with E-state index >= 15 is 0 Å². The summed E-state index contributed by atoms with van der Waals surface area (Å²) in [5.74, 6) is -0.747. The summed E-state index contributed by atoms with van der Waals surface area (Å²) in [5.41, 5.74) is -0.516. The molecule has 170 valence electrons. The summed E-state index contributed by atoms with van der Waals surface area (Å²) in [5, 5.41) is 0. The number of nitrogens with zero attached hydrogens (tertiary/aromatic N) is 5. The molecule has 0 N–H and O–H groups in total. The number of hydrogen-bond donors (Lipinski definition) is 0. The molecular formula is C21H28F3N5O2. The smallest absolute Gasteiger partial charge is 0.338 e. The molecule has 7 nitrogen and oxygen atoms in total. The first-order valence-electron chi connectivity index (χ1n) is 10.9. The zero-order valence-electron chi connectivity index (χ0n) is 17.9.